The number of alkyl halides is 3. The van der Waals surface area contributed by atoms with Gasteiger partial charge in [0.25, 0.3) is 15.9 Å². The Morgan fingerprint density at radius 1 is 1.06 bits per heavy atom. The number of benzene rings is 2. The van der Waals surface area contributed by atoms with Crippen molar-refractivity contribution in [3.8, 4) is 11.6 Å². The molecule has 1 amide bonds. The average molecular weight is 510 g/mol. The van der Waals surface area contributed by atoms with Crippen LogP contribution in [0.25, 0.3) is 0 Å². The summed E-state index contributed by atoms with van der Waals surface area (Å²) >= 11 is 0. The number of hydrogen-bond donors (Lipinski definition) is 2. The minimum absolute atomic E-state index is 0.0593. The number of nitrogens with zero attached hydrogens (tertiary/aromatic N) is 1. The molecule has 0 aliphatic rings. The van der Waals surface area contributed by atoms with E-state index in [1.165, 1.54) is 43.6 Å². The lowest BCUT2D eigenvalue weighted by Crippen LogP contribution is -2.19. The predicted octanol–water partition coefficient (Wildman–Crippen LogP) is 4.70. The molecule has 0 aliphatic heterocycles. The molecule has 0 spiro atoms. The molecule has 35 heavy (non-hydrogen) atoms. The van der Waals surface area contributed by atoms with Crippen LogP contribution in [0.2, 0.25) is 0 Å². The quantitative estimate of drug-likeness (QED) is 0.456. The summed E-state index contributed by atoms with van der Waals surface area (Å²) < 4.78 is 75.3. The number of sulfonamides is 1. The average Bonchev–Trinajstić information content (AvgIpc) is 2.80. The Labute approximate surface area is 200 Å². The molecular formula is C23H22F3N3O5S. The summed E-state index contributed by atoms with van der Waals surface area (Å²) in [5.74, 6) is -0.866. The first-order valence-corrected chi connectivity index (χ1v) is 11.6. The van der Waals surface area contributed by atoms with Crippen LogP contribution in [-0.2, 0) is 10.0 Å². The van der Waals surface area contributed by atoms with Crippen molar-refractivity contribution >= 4 is 27.3 Å². The Morgan fingerprint density at radius 3 is 2.26 bits per heavy atom. The van der Waals surface area contributed by atoms with E-state index in [0.717, 1.165) is 0 Å². The van der Waals surface area contributed by atoms with Crippen LogP contribution in [0.3, 0.4) is 0 Å². The molecule has 3 aromatic rings. The first kappa shape index (κ1) is 25.8. The third-order valence-electron chi connectivity index (χ3n) is 4.80. The van der Waals surface area contributed by atoms with Gasteiger partial charge in [-0.1, -0.05) is 18.2 Å². The van der Waals surface area contributed by atoms with E-state index in [9.17, 15) is 26.4 Å². The smallest absolute Gasteiger partial charge is 0.422 e. The highest BCUT2D eigenvalue weighted by molar-refractivity contribution is 7.92. The first-order chi connectivity index (χ1) is 16.4. The molecule has 186 valence electrons. The van der Waals surface area contributed by atoms with Gasteiger partial charge in [-0.25, -0.2) is 13.4 Å². The van der Waals surface area contributed by atoms with Crippen molar-refractivity contribution in [1.29, 1.82) is 0 Å². The number of amides is 1. The first-order valence-electron chi connectivity index (χ1n) is 10.1. The monoisotopic (exact) mass is 509 g/mol. The zero-order valence-corrected chi connectivity index (χ0v) is 19.8. The fourth-order valence-electron chi connectivity index (χ4n) is 3.08. The SMILES string of the molecule is COc1ncc(NC(=O)c2ccc(OCC(F)(F)F)cc2)cc1S(=O)(=O)Nc1c(C)cccc1C. The van der Waals surface area contributed by atoms with E-state index in [4.69, 9.17) is 4.74 Å². The Bertz CT molecular complexity index is 1310. The summed E-state index contributed by atoms with van der Waals surface area (Å²) in [6.45, 7) is 2.07. The van der Waals surface area contributed by atoms with Crippen LogP contribution in [0.4, 0.5) is 24.5 Å². The number of carbonyl (C=O) groups excluding carboxylic acids is 1. The summed E-state index contributed by atoms with van der Waals surface area (Å²) in [5.41, 5.74) is 2.02. The Morgan fingerprint density at radius 2 is 1.69 bits per heavy atom. The fraction of sp³-hybridized carbons (Fsp3) is 0.217. The van der Waals surface area contributed by atoms with Crippen molar-refractivity contribution in [1.82, 2.24) is 4.98 Å². The number of nitrogens with one attached hydrogen (secondary N) is 2. The van der Waals surface area contributed by atoms with Crippen LogP contribution in [0.1, 0.15) is 21.5 Å². The van der Waals surface area contributed by atoms with E-state index < -0.39 is 28.7 Å². The highest BCUT2D eigenvalue weighted by Crippen LogP contribution is 2.29. The third kappa shape index (κ3) is 6.63. The molecule has 0 saturated heterocycles. The van der Waals surface area contributed by atoms with Crippen LogP contribution in [0.5, 0.6) is 11.6 Å². The zero-order chi connectivity index (χ0) is 25.8. The van der Waals surface area contributed by atoms with E-state index in [2.05, 4.69) is 19.8 Å². The molecule has 0 unspecified atom stereocenters. The molecule has 0 bridgehead atoms. The number of rotatable bonds is 8. The second-order valence-electron chi connectivity index (χ2n) is 7.49. The molecule has 2 aromatic carbocycles. The minimum atomic E-state index is -4.48. The number of methoxy groups -OCH3 is 1. The van der Waals surface area contributed by atoms with Crippen molar-refractivity contribution in [3.05, 3.63) is 71.4 Å². The van der Waals surface area contributed by atoms with Crippen LogP contribution in [0, 0.1) is 13.8 Å². The lowest BCUT2D eigenvalue weighted by atomic mass is 10.1. The summed E-state index contributed by atoms with van der Waals surface area (Å²) in [6.07, 6.45) is -3.27. The summed E-state index contributed by atoms with van der Waals surface area (Å²) in [4.78, 5) is 16.3. The number of para-hydroxylation sites is 1. The molecule has 0 aliphatic carbocycles. The molecule has 1 aromatic heterocycles. The maximum absolute atomic E-state index is 13.1. The lowest BCUT2D eigenvalue weighted by molar-refractivity contribution is -0.153. The lowest BCUT2D eigenvalue weighted by Gasteiger charge is -2.15. The van der Waals surface area contributed by atoms with Gasteiger partial charge in [-0.05, 0) is 55.3 Å². The standard InChI is InChI=1S/C23H22F3N3O5S/c1-14-5-4-6-15(2)20(14)29-35(31,32)19-11-17(12-27-22(19)33-3)28-21(30)16-7-9-18(10-8-16)34-13-23(24,25)26/h4-12,29H,13H2,1-3H3,(H,28,30). The number of aryl methyl sites for hydroxylation is 2. The van der Waals surface area contributed by atoms with Crippen LogP contribution in [-0.4, -0.2) is 39.2 Å². The zero-order valence-electron chi connectivity index (χ0n) is 18.9. The molecule has 0 atom stereocenters. The minimum Gasteiger partial charge on any atom is -0.484 e. The van der Waals surface area contributed by atoms with Crippen LogP contribution < -0.4 is 19.5 Å². The van der Waals surface area contributed by atoms with Gasteiger partial charge in [-0.15, -0.1) is 0 Å². The number of aromatic nitrogens is 1. The van der Waals surface area contributed by atoms with E-state index >= 15 is 0 Å². The second kappa shape index (κ2) is 10.2. The van der Waals surface area contributed by atoms with E-state index in [0.29, 0.717) is 16.8 Å². The molecule has 3 rings (SSSR count). The van der Waals surface area contributed by atoms with Gasteiger partial charge in [0.15, 0.2) is 11.5 Å². The van der Waals surface area contributed by atoms with Gasteiger partial charge in [0, 0.05) is 5.56 Å². The van der Waals surface area contributed by atoms with Gasteiger partial charge in [0.2, 0.25) is 5.88 Å². The van der Waals surface area contributed by atoms with Crippen LogP contribution >= 0.6 is 0 Å². The molecule has 8 nitrogen and oxygen atoms in total. The maximum Gasteiger partial charge on any atom is 0.422 e. The van der Waals surface area contributed by atoms with Crippen molar-refractivity contribution in [2.75, 3.05) is 23.8 Å². The van der Waals surface area contributed by atoms with E-state index in [1.807, 2.05) is 0 Å². The number of ether oxygens (including phenoxy) is 2. The fourth-order valence-corrected chi connectivity index (χ4v) is 4.43. The molecule has 0 radical (unpaired) electrons. The van der Waals surface area contributed by atoms with Gasteiger partial charge in [0.1, 0.15) is 5.75 Å². The van der Waals surface area contributed by atoms with Crippen molar-refractivity contribution in [3.63, 3.8) is 0 Å². The topological polar surface area (TPSA) is 107 Å². The van der Waals surface area contributed by atoms with Gasteiger partial charge < -0.3 is 14.8 Å². The summed E-state index contributed by atoms with van der Waals surface area (Å²) in [5, 5.41) is 2.51. The van der Waals surface area contributed by atoms with Crippen LogP contribution in [0.15, 0.2) is 59.6 Å². The highest BCUT2D eigenvalue weighted by atomic mass is 32.2. The van der Waals surface area contributed by atoms with Crippen molar-refractivity contribution in [2.24, 2.45) is 0 Å². The number of hydrogen-bond acceptors (Lipinski definition) is 6. The maximum atomic E-state index is 13.1. The van der Waals surface area contributed by atoms with Gasteiger partial charge >= 0.3 is 6.18 Å². The highest BCUT2D eigenvalue weighted by Gasteiger charge is 2.28. The molecule has 2 N–H and O–H groups in total. The Hall–Kier alpha value is -3.80. The number of anilines is 2. The van der Waals surface area contributed by atoms with Gasteiger partial charge in [-0.2, -0.15) is 13.2 Å². The molecule has 12 heteroatoms. The molecular weight excluding hydrogens is 487 g/mol. The van der Waals surface area contributed by atoms with Gasteiger partial charge in [0.05, 0.1) is 24.7 Å². The normalized spacial score (nSPS) is 11.6. The van der Waals surface area contributed by atoms with Crippen molar-refractivity contribution < 1.29 is 35.9 Å². The third-order valence-corrected chi connectivity index (χ3v) is 6.14. The number of carbonyl (C=O) groups is 1. The summed E-state index contributed by atoms with van der Waals surface area (Å²) in [7, 11) is -2.88. The van der Waals surface area contributed by atoms with E-state index in [-0.39, 0.29) is 27.8 Å². The Kier molecular flexibility index (Phi) is 7.54. The largest absolute Gasteiger partial charge is 0.484 e. The van der Waals surface area contributed by atoms with Crippen molar-refractivity contribution in [2.45, 2.75) is 24.9 Å². The molecule has 0 saturated carbocycles. The number of halogens is 3. The molecule has 1 heterocycles. The molecule has 0 fully saturated rings. The van der Waals surface area contributed by atoms with Gasteiger partial charge in [-0.3, -0.25) is 9.52 Å². The van der Waals surface area contributed by atoms with E-state index in [1.54, 1.807) is 32.0 Å². The Balaban J connectivity index is 1.81. The number of pyridine rings is 1. The predicted molar refractivity (Wildman–Crippen MR) is 123 cm³/mol. The summed E-state index contributed by atoms with van der Waals surface area (Å²) in [6, 6.07) is 11.5. The second-order valence-corrected chi connectivity index (χ2v) is 9.14.